The highest BCUT2D eigenvalue weighted by Crippen LogP contribution is 2.23. The summed E-state index contributed by atoms with van der Waals surface area (Å²) in [5.41, 5.74) is 3.66. The summed E-state index contributed by atoms with van der Waals surface area (Å²) in [4.78, 5) is 24.5. The van der Waals surface area contributed by atoms with Gasteiger partial charge in [0.25, 0.3) is 5.91 Å². The van der Waals surface area contributed by atoms with Crippen molar-refractivity contribution in [2.45, 2.75) is 0 Å². The van der Waals surface area contributed by atoms with Gasteiger partial charge < -0.3 is 9.47 Å². The van der Waals surface area contributed by atoms with Crippen LogP contribution < -0.4 is 14.9 Å². The van der Waals surface area contributed by atoms with E-state index in [9.17, 15) is 9.59 Å². The molecular weight excluding hydrogens is 427 g/mol. The number of nitrogens with zero attached hydrogens (tertiary/aromatic N) is 1. The predicted molar refractivity (Wildman–Crippen MR) is 116 cm³/mol. The molecule has 0 aliphatic heterocycles. The molecule has 3 aromatic carbocycles. The number of hydrazone groups is 1. The quantitative estimate of drug-likeness (QED) is 0.252. The molecule has 152 valence electrons. The standard InChI is InChI=1S/C22H16Cl2N2O4/c1-29-17-6-3-5-15(11-17)21(27)26-25-13-14-4-2-7-18(10-14)30-22(28)19-9-8-16(23)12-20(19)24/h2-13H,1H3,(H,26,27)/b25-13+. The molecule has 0 aliphatic carbocycles. The van der Waals surface area contributed by atoms with Crippen molar-refractivity contribution in [2.24, 2.45) is 5.10 Å². The van der Waals surface area contributed by atoms with E-state index in [0.29, 0.717) is 27.6 Å². The summed E-state index contributed by atoms with van der Waals surface area (Å²) < 4.78 is 10.4. The lowest BCUT2D eigenvalue weighted by atomic mass is 10.2. The molecule has 30 heavy (non-hydrogen) atoms. The molecule has 3 rings (SSSR count). The Balaban J connectivity index is 1.64. The van der Waals surface area contributed by atoms with Gasteiger partial charge in [0.2, 0.25) is 0 Å². The van der Waals surface area contributed by atoms with Gasteiger partial charge in [-0.3, -0.25) is 4.79 Å². The van der Waals surface area contributed by atoms with Gasteiger partial charge in [-0.2, -0.15) is 5.10 Å². The molecule has 0 heterocycles. The van der Waals surface area contributed by atoms with Crippen LogP contribution in [0.15, 0.2) is 71.8 Å². The van der Waals surface area contributed by atoms with Crippen LogP contribution in [-0.2, 0) is 0 Å². The highest BCUT2D eigenvalue weighted by atomic mass is 35.5. The van der Waals surface area contributed by atoms with Crippen molar-refractivity contribution in [3.05, 3.63) is 93.5 Å². The summed E-state index contributed by atoms with van der Waals surface area (Å²) in [7, 11) is 1.52. The van der Waals surface area contributed by atoms with Crippen molar-refractivity contribution in [1.82, 2.24) is 5.43 Å². The fraction of sp³-hybridized carbons (Fsp3) is 0.0455. The first-order valence-corrected chi connectivity index (χ1v) is 9.46. The first-order chi connectivity index (χ1) is 14.5. The van der Waals surface area contributed by atoms with Crippen molar-refractivity contribution >= 4 is 41.3 Å². The van der Waals surface area contributed by atoms with Gasteiger partial charge in [0.15, 0.2) is 0 Å². The molecule has 0 aromatic heterocycles. The number of nitrogens with one attached hydrogen (secondary N) is 1. The van der Waals surface area contributed by atoms with Gasteiger partial charge in [0.05, 0.1) is 23.9 Å². The number of ether oxygens (including phenoxy) is 2. The Bertz CT molecular complexity index is 1120. The topological polar surface area (TPSA) is 77.0 Å². The van der Waals surface area contributed by atoms with E-state index in [0.717, 1.165) is 0 Å². The molecule has 0 bridgehead atoms. The number of hydrogen-bond donors (Lipinski definition) is 1. The summed E-state index contributed by atoms with van der Waals surface area (Å²) in [6.07, 6.45) is 1.44. The van der Waals surface area contributed by atoms with Crippen LogP contribution in [0.1, 0.15) is 26.3 Å². The van der Waals surface area contributed by atoms with Crippen LogP contribution in [0.25, 0.3) is 0 Å². The Morgan fingerprint density at radius 3 is 2.50 bits per heavy atom. The smallest absolute Gasteiger partial charge is 0.345 e. The number of amides is 1. The Labute approximate surface area is 183 Å². The Hall–Kier alpha value is -3.35. The predicted octanol–water partition coefficient (Wildman–Crippen LogP) is 4.99. The van der Waals surface area contributed by atoms with Gasteiger partial charge in [-0.1, -0.05) is 41.4 Å². The molecule has 0 unspecified atom stereocenters. The molecule has 0 radical (unpaired) electrons. The third-order valence-electron chi connectivity index (χ3n) is 3.93. The number of carbonyl (C=O) groups is 2. The lowest BCUT2D eigenvalue weighted by Gasteiger charge is -2.07. The lowest BCUT2D eigenvalue weighted by molar-refractivity contribution is 0.0734. The van der Waals surface area contributed by atoms with Gasteiger partial charge in [-0.05, 0) is 54.1 Å². The number of methoxy groups -OCH3 is 1. The Morgan fingerprint density at radius 2 is 1.73 bits per heavy atom. The monoisotopic (exact) mass is 442 g/mol. The number of rotatable bonds is 6. The molecule has 8 heteroatoms. The Kier molecular flexibility index (Phi) is 7.06. The average molecular weight is 443 g/mol. The fourth-order valence-corrected chi connectivity index (χ4v) is 2.96. The molecule has 1 N–H and O–H groups in total. The van der Waals surface area contributed by atoms with E-state index < -0.39 is 5.97 Å². The molecule has 3 aromatic rings. The minimum absolute atomic E-state index is 0.200. The van der Waals surface area contributed by atoms with Crippen LogP contribution in [-0.4, -0.2) is 25.2 Å². The maximum absolute atomic E-state index is 12.3. The van der Waals surface area contributed by atoms with E-state index in [1.807, 2.05) is 0 Å². The van der Waals surface area contributed by atoms with Crippen LogP contribution >= 0.6 is 23.2 Å². The van der Waals surface area contributed by atoms with Gasteiger partial charge in [0, 0.05) is 10.6 Å². The van der Waals surface area contributed by atoms with Crippen molar-refractivity contribution in [1.29, 1.82) is 0 Å². The third kappa shape index (κ3) is 5.59. The average Bonchev–Trinajstić information content (AvgIpc) is 2.74. The minimum Gasteiger partial charge on any atom is -0.497 e. The number of hydrogen-bond acceptors (Lipinski definition) is 5. The minimum atomic E-state index is -0.614. The molecule has 0 aliphatic rings. The second kappa shape index (κ2) is 9.91. The first-order valence-electron chi connectivity index (χ1n) is 8.71. The van der Waals surface area contributed by atoms with Gasteiger partial charge in [-0.15, -0.1) is 0 Å². The fourth-order valence-electron chi connectivity index (χ4n) is 2.47. The van der Waals surface area contributed by atoms with Crippen LogP contribution in [0.5, 0.6) is 11.5 Å². The molecule has 0 spiro atoms. The summed E-state index contributed by atoms with van der Waals surface area (Å²) in [6, 6.07) is 17.9. The molecule has 0 saturated carbocycles. The lowest BCUT2D eigenvalue weighted by Crippen LogP contribution is -2.17. The summed E-state index contributed by atoms with van der Waals surface area (Å²) in [5, 5.41) is 4.56. The van der Waals surface area contributed by atoms with E-state index >= 15 is 0 Å². The van der Waals surface area contributed by atoms with Gasteiger partial charge in [-0.25, -0.2) is 10.2 Å². The van der Waals surface area contributed by atoms with Crippen LogP contribution in [0.4, 0.5) is 0 Å². The Morgan fingerprint density at radius 1 is 0.967 bits per heavy atom. The number of halogens is 2. The SMILES string of the molecule is COc1cccc(C(=O)N/N=C/c2cccc(OC(=O)c3ccc(Cl)cc3Cl)c2)c1. The van der Waals surface area contributed by atoms with Crippen LogP contribution in [0, 0.1) is 0 Å². The van der Waals surface area contributed by atoms with E-state index in [4.69, 9.17) is 32.7 Å². The molecule has 1 amide bonds. The highest BCUT2D eigenvalue weighted by Gasteiger charge is 2.13. The zero-order chi connectivity index (χ0) is 21.5. The molecular formula is C22H16Cl2N2O4. The van der Waals surface area contributed by atoms with E-state index in [1.165, 1.54) is 25.5 Å². The summed E-state index contributed by atoms with van der Waals surface area (Å²) in [6.45, 7) is 0. The second-order valence-corrected chi connectivity index (χ2v) is 6.86. The largest absolute Gasteiger partial charge is 0.497 e. The normalized spacial score (nSPS) is 10.6. The van der Waals surface area contributed by atoms with Crippen molar-refractivity contribution in [3.63, 3.8) is 0 Å². The van der Waals surface area contributed by atoms with Gasteiger partial charge in [0.1, 0.15) is 11.5 Å². The van der Waals surface area contributed by atoms with Gasteiger partial charge >= 0.3 is 5.97 Å². The van der Waals surface area contributed by atoms with Crippen LogP contribution in [0.2, 0.25) is 10.0 Å². The van der Waals surface area contributed by atoms with Crippen molar-refractivity contribution in [3.8, 4) is 11.5 Å². The van der Waals surface area contributed by atoms with Crippen molar-refractivity contribution in [2.75, 3.05) is 7.11 Å². The summed E-state index contributed by atoms with van der Waals surface area (Å²) >= 11 is 11.9. The zero-order valence-electron chi connectivity index (χ0n) is 15.8. The number of benzene rings is 3. The maximum atomic E-state index is 12.3. The van der Waals surface area contributed by atoms with Crippen molar-refractivity contribution < 1.29 is 19.1 Å². The number of esters is 1. The highest BCUT2D eigenvalue weighted by molar-refractivity contribution is 6.36. The van der Waals surface area contributed by atoms with Crippen LogP contribution in [0.3, 0.4) is 0 Å². The molecule has 0 saturated heterocycles. The van der Waals surface area contributed by atoms with E-state index in [-0.39, 0.29) is 16.5 Å². The third-order valence-corrected chi connectivity index (χ3v) is 4.48. The molecule has 6 nitrogen and oxygen atoms in total. The molecule has 0 atom stereocenters. The maximum Gasteiger partial charge on any atom is 0.345 e. The zero-order valence-corrected chi connectivity index (χ0v) is 17.3. The number of carbonyl (C=O) groups excluding carboxylic acids is 2. The molecule has 0 fully saturated rings. The summed E-state index contributed by atoms with van der Waals surface area (Å²) in [5.74, 6) is -0.127. The van der Waals surface area contributed by atoms with E-state index in [1.54, 1.807) is 54.6 Å². The second-order valence-electron chi connectivity index (χ2n) is 6.02. The van der Waals surface area contributed by atoms with E-state index in [2.05, 4.69) is 10.5 Å². The first kappa shape index (κ1) is 21.4.